The molecule has 2 nitrogen and oxygen atoms in total. The Morgan fingerprint density at radius 2 is 2.12 bits per heavy atom. The fraction of sp³-hybridized carbons (Fsp3) is 0.769. The number of hydrogen-bond donors (Lipinski definition) is 1. The number of nitrogens with zero attached hydrogens (tertiary/aromatic N) is 1. The Kier molecular flexibility index (Phi) is 3.65. The molecule has 0 bridgehead atoms. The molecule has 1 aromatic heterocycles. The quantitative estimate of drug-likeness (QED) is 0.823. The number of aromatic nitrogens is 1. The zero-order chi connectivity index (χ0) is 11.6. The normalized spacial score (nSPS) is 17.7. The molecule has 1 N–H and O–H groups in total. The summed E-state index contributed by atoms with van der Waals surface area (Å²) in [5.74, 6) is 0. The molecule has 1 saturated carbocycles. The molecule has 1 aliphatic rings. The summed E-state index contributed by atoms with van der Waals surface area (Å²) >= 11 is 1.94. The lowest BCUT2D eigenvalue weighted by atomic mass is 10.1. The molecule has 0 amide bonds. The fourth-order valence-corrected chi connectivity index (χ4v) is 3.13. The maximum atomic E-state index is 4.87. The molecule has 0 aliphatic heterocycles. The molecule has 1 heterocycles. The van der Waals surface area contributed by atoms with Gasteiger partial charge in [-0.2, -0.15) is 0 Å². The summed E-state index contributed by atoms with van der Waals surface area (Å²) in [5.41, 5.74) is 1.77. The molecule has 0 aromatic carbocycles. The van der Waals surface area contributed by atoms with Crippen LogP contribution in [0.3, 0.4) is 0 Å². The van der Waals surface area contributed by atoms with Crippen LogP contribution in [-0.2, 0) is 18.4 Å². The zero-order valence-corrected chi connectivity index (χ0v) is 11.4. The lowest BCUT2D eigenvalue weighted by Gasteiger charge is -2.00. The Morgan fingerprint density at radius 1 is 1.38 bits per heavy atom. The van der Waals surface area contributed by atoms with E-state index in [9.17, 15) is 0 Å². The van der Waals surface area contributed by atoms with E-state index in [1.165, 1.54) is 34.8 Å². The summed E-state index contributed by atoms with van der Waals surface area (Å²) in [6.07, 6.45) is 4.98. The monoisotopic (exact) mass is 238 g/mol. The van der Waals surface area contributed by atoms with Crippen LogP contribution in [0.5, 0.6) is 0 Å². The van der Waals surface area contributed by atoms with Gasteiger partial charge in [0.05, 0.1) is 10.7 Å². The van der Waals surface area contributed by atoms with Crippen molar-refractivity contribution in [3.05, 3.63) is 15.6 Å². The average molecular weight is 238 g/mol. The first kappa shape index (κ1) is 12.1. The molecule has 90 valence electrons. The number of aryl methyl sites for hydroxylation is 1. The maximum absolute atomic E-state index is 4.87. The van der Waals surface area contributed by atoms with Gasteiger partial charge >= 0.3 is 0 Å². The third-order valence-corrected chi connectivity index (χ3v) is 4.72. The molecular weight excluding hydrogens is 216 g/mol. The van der Waals surface area contributed by atoms with Gasteiger partial charge in [-0.25, -0.2) is 4.98 Å². The van der Waals surface area contributed by atoms with E-state index in [1.54, 1.807) is 0 Å². The molecule has 16 heavy (non-hydrogen) atoms. The minimum atomic E-state index is 0.428. The highest BCUT2D eigenvalue weighted by atomic mass is 32.1. The number of thiazole rings is 1. The average Bonchev–Trinajstić information content (AvgIpc) is 2.89. The van der Waals surface area contributed by atoms with Crippen molar-refractivity contribution >= 4 is 11.3 Å². The van der Waals surface area contributed by atoms with Gasteiger partial charge in [-0.05, 0) is 25.8 Å². The summed E-state index contributed by atoms with van der Waals surface area (Å²) in [4.78, 5) is 6.33. The van der Waals surface area contributed by atoms with Gasteiger partial charge in [0, 0.05) is 16.8 Å². The van der Waals surface area contributed by atoms with Crippen LogP contribution < -0.4 is 5.32 Å². The first-order valence-corrected chi connectivity index (χ1v) is 7.21. The Balaban J connectivity index is 2.16. The zero-order valence-electron chi connectivity index (χ0n) is 10.6. The van der Waals surface area contributed by atoms with Crippen LogP contribution in [0.25, 0.3) is 0 Å². The predicted molar refractivity (Wildman–Crippen MR) is 70.1 cm³/mol. The Morgan fingerprint density at radius 3 is 2.69 bits per heavy atom. The van der Waals surface area contributed by atoms with Gasteiger partial charge in [-0.15, -0.1) is 11.3 Å². The van der Waals surface area contributed by atoms with E-state index in [-0.39, 0.29) is 0 Å². The van der Waals surface area contributed by atoms with Crippen molar-refractivity contribution in [2.24, 2.45) is 0 Å². The van der Waals surface area contributed by atoms with Gasteiger partial charge in [0.15, 0.2) is 0 Å². The van der Waals surface area contributed by atoms with Crippen LogP contribution in [0.15, 0.2) is 0 Å². The summed E-state index contributed by atoms with van der Waals surface area (Å²) in [7, 11) is 0. The van der Waals surface area contributed by atoms with Gasteiger partial charge in [0.1, 0.15) is 0 Å². The minimum Gasteiger partial charge on any atom is -0.312 e. The molecule has 1 aromatic rings. The summed E-state index contributed by atoms with van der Waals surface area (Å²) < 4.78 is 0. The summed E-state index contributed by atoms with van der Waals surface area (Å²) in [6, 6.07) is 0. The maximum Gasteiger partial charge on any atom is 0.0990 e. The van der Waals surface area contributed by atoms with Crippen molar-refractivity contribution in [1.29, 1.82) is 0 Å². The smallest absolute Gasteiger partial charge is 0.0990 e. The largest absolute Gasteiger partial charge is 0.312 e. The highest BCUT2D eigenvalue weighted by Crippen LogP contribution is 2.49. The van der Waals surface area contributed by atoms with E-state index >= 15 is 0 Å². The van der Waals surface area contributed by atoms with Crippen molar-refractivity contribution in [3.63, 3.8) is 0 Å². The van der Waals surface area contributed by atoms with E-state index in [0.29, 0.717) is 5.41 Å². The molecule has 0 unspecified atom stereocenters. The van der Waals surface area contributed by atoms with Crippen molar-refractivity contribution < 1.29 is 0 Å². The van der Waals surface area contributed by atoms with Crippen molar-refractivity contribution in [1.82, 2.24) is 10.3 Å². The Hall–Kier alpha value is -0.410. The highest BCUT2D eigenvalue weighted by Gasteiger charge is 2.42. The van der Waals surface area contributed by atoms with Crippen LogP contribution in [0.2, 0.25) is 0 Å². The molecule has 1 aliphatic carbocycles. The van der Waals surface area contributed by atoms with Crippen LogP contribution in [0, 0.1) is 0 Å². The molecular formula is C13H22N2S. The van der Waals surface area contributed by atoms with Gasteiger partial charge in [0.2, 0.25) is 0 Å². The molecule has 0 atom stereocenters. The van der Waals surface area contributed by atoms with Gasteiger partial charge in [-0.1, -0.05) is 27.2 Å². The molecule has 1 fully saturated rings. The number of hydrogen-bond acceptors (Lipinski definition) is 3. The third kappa shape index (κ3) is 2.46. The third-order valence-electron chi connectivity index (χ3n) is 3.32. The second kappa shape index (κ2) is 4.84. The number of rotatable bonds is 6. The van der Waals surface area contributed by atoms with Crippen molar-refractivity contribution in [3.8, 4) is 0 Å². The topological polar surface area (TPSA) is 24.9 Å². The van der Waals surface area contributed by atoms with Crippen LogP contribution >= 0.6 is 11.3 Å². The highest BCUT2D eigenvalue weighted by molar-refractivity contribution is 7.12. The second-order valence-electron chi connectivity index (χ2n) is 4.98. The van der Waals surface area contributed by atoms with E-state index in [2.05, 4.69) is 26.1 Å². The summed E-state index contributed by atoms with van der Waals surface area (Å²) in [5, 5.41) is 4.80. The minimum absolute atomic E-state index is 0.428. The molecule has 0 radical (unpaired) electrons. The van der Waals surface area contributed by atoms with Crippen LogP contribution in [0.1, 0.15) is 55.6 Å². The van der Waals surface area contributed by atoms with Crippen molar-refractivity contribution in [2.75, 3.05) is 6.54 Å². The van der Waals surface area contributed by atoms with Crippen molar-refractivity contribution in [2.45, 2.75) is 58.4 Å². The lowest BCUT2D eigenvalue weighted by molar-refractivity contribution is 0.719. The lowest BCUT2D eigenvalue weighted by Crippen LogP contribution is -2.11. The van der Waals surface area contributed by atoms with Crippen LogP contribution in [-0.4, -0.2) is 11.5 Å². The SMILES string of the molecule is CCCc1nc(C2(C)CC2)sc1CNCC. The molecule has 2 rings (SSSR count). The number of nitrogens with one attached hydrogen (secondary N) is 1. The second-order valence-corrected chi connectivity index (χ2v) is 6.06. The molecule has 3 heteroatoms. The predicted octanol–water partition coefficient (Wildman–Crippen LogP) is 3.26. The Bertz CT molecular complexity index is 353. The first-order valence-electron chi connectivity index (χ1n) is 6.39. The van der Waals surface area contributed by atoms with Gasteiger partial charge in [0.25, 0.3) is 0 Å². The van der Waals surface area contributed by atoms with Crippen LogP contribution in [0.4, 0.5) is 0 Å². The van der Waals surface area contributed by atoms with E-state index < -0.39 is 0 Å². The first-order chi connectivity index (χ1) is 7.69. The Labute approximate surface area is 102 Å². The standard InChI is InChI=1S/C13H22N2S/c1-4-6-10-11(9-14-5-2)16-12(15-10)13(3)7-8-13/h14H,4-9H2,1-3H3. The van der Waals surface area contributed by atoms with E-state index in [0.717, 1.165) is 19.5 Å². The molecule has 0 spiro atoms. The van der Waals surface area contributed by atoms with Gasteiger partial charge in [-0.3, -0.25) is 0 Å². The van der Waals surface area contributed by atoms with Gasteiger partial charge < -0.3 is 5.32 Å². The summed E-state index contributed by atoms with van der Waals surface area (Å²) in [6.45, 7) is 8.77. The fourth-order valence-electron chi connectivity index (χ4n) is 1.85. The van der Waals surface area contributed by atoms with E-state index in [1.807, 2.05) is 11.3 Å². The molecule has 0 saturated heterocycles. The van der Waals surface area contributed by atoms with E-state index in [4.69, 9.17) is 4.98 Å².